The Morgan fingerprint density at radius 1 is 1.12 bits per heavy atom. The summed E-state index contributed by atoms with van der Waals surface area (Å²) in [5, 5.41) is 3.03. The molecule has 3 N–H and O–H groups in total. The SMILES string of the molecule is C=CC(=O)NCc1ccc(C#Cc2c(-c3ccc(Oc4nccc(C)n4)c(F)c3)c3c(N)ncnc3n2C)cc1F. The van der Waals surface area contributed by atoms with Crippen molar-refractivity contribution in [3.63, 3.8) is 0 Å². The van der Waals surface area contributed by atoms with E-state index in [-0.39, 0.29) is 24.1 Å². The first-order valence-corrected chi connectivity index (χ1v) is 12.3. The fourth-order valence-corrected chi connectivity index (χ4v) is 4.17. The number of ether oxygens (including phenoxy) is 1. The van der Waals surface area contributed by atoms with Gasteiger partial charge in [-0.05, 0) is 54.8 Å². The van der Waals surface area contributed by atoms with Crippen LogP contribution in [0.4, 0.5) is 14.6 Å². The first kappa shape index (κ1) is 27.0. The number of rotatable bonds is 6. The third kappa shape index (κ3) is 5.58. The van der Waals surface area contributed by atoms with Crippen molar-refractivity contribution in [2.24, 2.45) is 7.05 Å². The molecule has 0 spiro atoms. The number of aryl methyl sites for hydroxylation is 2. The van der Waals surface area contributed by atoms with E-state index in [4.69, 9.17) is 10.5 Å². The zero-order valence-electron chi connectivity index (χ0n) is 22.1. The highest BCUT2D eigenvalue weighted by molar-refractivity contribution is 6.03. The molecule has 0 bridgehead atoms. The second-order valence-corrected chi connectivity index (χ2v) is 8.95. The third-order valence-electron chi connectivity index (χ3n) is 6.21. The van der Waals surface area contributed by atoms with Crippen molar-refractivity contribution >= 4 is 22.8 Å². The molecule has 0 saturated heterocycles. The molecule has 1 amide bonds. The molecular weight excluding hydrogens is 528 g/mol. The second kappa shape index (κ2) is 11.2. The van der Waals surface area contributed by atoms with E-state index in [1.165, 1.54) is 30.7 Å². The van der Waals surface area contributed by atoms with Crippen LogP contribution in [0.5, 0.6) is 11.8 Å². The number of anilines is 1. The molecule has 3 heterocycles. The fourth-order valence-electron chi connectivity index (χ4n) is 4.17. The minimum atomic E-state index is -0.653. The normalized spacial score (nSPS) is 10.6. The smallest absolute Gasteiger partial charge is 0.322 e. The molecule has 0 aliphatic rings. The van der Waals surface area contributed by atoms with Crippen LogP contribution in [0.25, 0.3) is 22.2 Å². The number of carbonyl (C=O) groups excluding carboxylic acids is 1. The Labute approximate surface area is 233 Å². The van der Waals surface area contributed by atoms with Crippen LogP contribution in [0, 0.1) is 30.4 Å². The quantitative estimate of drug-likeness (QED) is 0.234. The molecule has 3 aromatic heterocycles. The highest BCUT2D eigenvalue weighted by atomic mass is 19.1. The molecule has 0 aliphatic heterocycles. The molecule has 0 radical (unpaired) electrons. The monoisotopic (exact) mass is 551 g/mol. The van der Waals surface area contributed by atoms with Crippen LogP contribution in [0.3, 0.4) is 0 Å². The topological polar surface area (TPSA) is 121 Å². The Morgan fingerprint density at radius 2 is 1.95 bits per heavy atom. The number of nitrogens with zero attached hydrogens (tertiary/aromatic N) is 5. The van der Waals surface area contributed by atoms with Crippen LogP contribution in [-0.2, 0) is 18.4 Å². The number of nitrogen functional groups attached to an aromatic ring is 1. The molecule has 0 unspecified atom stereocenters. The minimum absolute atomic E-state index is 0.0109. The lowest BCUT2D eigenvalue weighted by Gasteiger charge is -2.08. The highest BCUT2D eigenvalue weighted by Crippen LogP contribution is 2.37. The van der Waals surface area contributed by atoms with Crippen LogP contribution in [0.2, 0.25) is 0 Å². The van der Waals surface area contributed by atoms with E-state index in [1.807, 2.05) is 0 Å². The number of carbonyl (C=O) groups is 1. The number of benzene rings is 2. The molecule has 5 rings (SSSR count). The maximum absolute atomic E-state index is 15.3. The zero-order chi connectivity index (χ0) is 29.1. The highest BCUT2D eigenvalue weighted by Gasteiger charge is 2.21. The van der Waals surface area contributed by atoms with Crippen molar-refractivity contribution < 1.29 is 18.3 Å². The average molecular weight is 552 g/mol. The summed E-state index contributed by atoms with van der Waals surface area (Å²) < 4.78 is 37.2. The van der Waals surface area contributed by atoms with Crippen LogP contribution in [0.1, 0.15) is 22.5 Å². The number of amides is 1. The van der Waals surface area contributed by atoms with Gasteiger partial charge in [-0.3, -0.25) is 4.79 Å². The standard InChI is InChI=1S/C30H23F2N7O2/c1-4-25(40)35-15-20-7-5-18(13-21(20)31)6-9-23-26(27-28(33)36-16-37-29(27)39(23)3)19-8-10-24(22(32)14-19)41-30-34-12-11-17(2)38-30/h4-5,7-8,10-14,16H,1,15H2,2-3H3,(H,35,40)(H2,33,36,37). The van der Waals surface area contributed by atoms with Crippen LogP contribution in [-0.4, -0.2) is 30.4 Å². The summed E-state index contributed by atoms with van der Waals surface area (Å²) in [4.78, 5) is 28.0. The predicted octanol–water partition coefficient (Wildman–Crippen LogP) is 4.59. The van der Waals surface area contributed by atoms with E-state index in [2.05, 4.69) is 43.7 Å². The van der Waals surface area contributed by atoms with E-state index < -0.39 is 17.5 Å². The second-order valence-electron chi connectivity index (χ2n) is 8.95. The molecular formula is C30H23F2N7O2. The number of halogens is 2. The number of fused-ring (bicyclic) bond motifs is 1. The van der Waals surface area contributed by atoms with Crippen LogP contribution < -0.4 is 15.8 Å². The average Bonchev–Trinajstić information content (AvgIpc) is 3.24. The Balaban J connectivity index is 1.55. The molecule has 204 valence electrons. The molecule has 41 heavy (non-hydrogen) atoms. The Hall–Kier alpha value is -5.63. The van der Waals surface area contributed by atoms with Crippen molar-refractivity contribution in [3.8, 4) is 34.7 Å². The van der Waals surface area contributed by atoms with Crippen LogP contribution >= 0.6 is 0 Å². The van der Waals surface area contributed by atoms with Gasteiger partial charge in [0.25, 0.3) is 0 Å². The molecule has 9 nitrogen and oxygen atoms in total. The molecule has 0 aliphatic carbocycles. The summed E-state index contributed by atoms with van der Waals surface area (Å²) >= 11 is 0. The number of hydrogen-bond donors (Lipinski definition) is 2. The van der Waals surface area contributed by atoms with Gasteiger partial charge in [0.05, 0.1) is 5.39 Å². The Bertz CT molecular complexity index is 1890. The summed E-state index contributed by atoms with van der Waals surface area (Å²) in [5.41, 5.74) is 9.52. The summed E-state index contributed by atoms with van der Waals surface area (Å²) in [6, 6.07) is 10.6. The largest absolute Gasteiger partial charge is 0.421 e. The van der Waals surface area contributed by atoms with Crippen molar-refractivity contribution in [2.45, 2.75) is 13.5 Å². The molecule has 2 aromatic carbocycles. The lowest BCUT2D eigenvalue weighted by Crippen LogP contribution is -2.20. The maximum Gasteiger partial charge on any atom is 0.322 e. The van der Waals surface area contributed by atoms with Gasteiger partial charge < -0.3 is 20.4 Å². The van der Waals surface area contributed by atoms with Gasteiger partial charge in [-0.1, -0.05) is 24.6 Å². The lowest BCUT2D eigenvalue weighted by atomic mass is 10.0. The summed E-state index contributed by atoms with van der Waals surface area (Å²) in [6.07, 6.45) is 3.96. The molecule has 0 atom stereocenters. The van der Waals surface area contributed by atoms with Gasteiger partial charge in [0.1, 0.15) is 29.3 Å². The van der Waals surface area contributed by atoms with Crippen molar-refractivity contribution in [1.29, 1.82) is 0 Å². The molecule has 5 aromatic rings. The number of hydrogen-bond acceptors (Lipinski definition) is 7. The van der Waals surface area contributed by atoms with E-state index in [0.29, 0.717) is 44.7 Å². The number of nitrogens with two attached hydrogens (primary N) is 1. The van der Waals surface area contributed by atoms with Gasteiger partial charge >= 0.3 is 6.01 Å². The van der Waals surface area contributed by atoms with Crippen molar-refractivity contribution in [3.05, 3.63) is 102 Å². The Morgan fingerprint density at radius 3 is 2.68 bits per heavy atom. The first-order chi connectivity index (χ1) is 19.7. The lowest BCUT2D eigenvalue weighted by molar-refractivity contribution is -0.116. The Kier molecular flexibility index (Phi) is 7.39. The van der Waals surface area contributed by atoms with Gasteiger partial charge in [-0.15, -0.1) is 0 Å². The first-order valence-electron chi connectivity index (χ1n) is 12.3. The van der Waals surface area contributed by atoms with Gasteiger partial charge in [-0.25, -0.2) is 28.7 Å². The van der Waals surface area contributed by atoms with E-state index >= 15 is 4.39 Å². The van der Waals surface area contributed by atoms with E-state index in [9.17, 15) is 9.18 Å². The number of aromatic nitrogens is 5. The summed E-state index contributed by atoms with van der Waals surface area (Å²) in [6.45, 7) is 5.16. The number of nitrogens with one attached hydrogen (secondary N) is 1. The molecule has 0 saturated carbocycles. The fraction of sp³-hybridized carbons (Fsp3) is 0.100. The van der Waals surface area contributed by atoms with Gasteiger partial charge in [0.2, 0.25) is 5.91 Å². The van der Waals surface area contributed by atoms with Gasteiger partial charge in [0, 0.05) is 42.2 Å². The summed E-state index contributed by atoms with van der Waals surface area (Å²) in [5.74, 6) is 4.58. The molecule has 11 heteroatoms. The minimum Gasteiger partial charge on any atom is -0.421 e. The van der Waals surface area contributed by atoms with Crippen molar-refractivity contribution in [1.82, 2.24) is 29.8 Å². The predicted molar refractivity (Wildman–Crippen MR) is 150 cm³/mol. The third-order valence-corrected chi connectivity index (χ3v) is 6.21. The van der Waals surface area contributed by atoms with Gasteiger partial charge in [-0.2, -0.15) is 0 Å². The van der Waals surface area contributed by atoms with Gasteiger partial charge in [0.15, 0.2) is 11.6 Å². The molecule has 0 fully saturated rings. The van der Waals surface area contributed by atoms with Crippen molar-refractivity contribution in [2.75, 3.05) is 5.73 Å². The maximum atomic E-state index is 15.3. The van der Waals surface area contributed by atoms with E-state index in [0.717, 1.165) is 6.08 Å². The zero-order valence-corrected chi connectivity index (χ0v) is 22.1. The van der Waals surface area contributed by atoms with Crippen LogP contribution in [0.15, 0.2) is 67.6 Å². The van der Waals surface area contributed by atoms with E-state index in [1.54, 1.807) is 42.8 Å². The summed E-state index contributed by atoms with van der Waals surface area (Å²) in [7, 11) is 1.75.